The predicted molar refractivity (Wildman–Crippen MR) is 168 cm³/mol. The van der Waals surface area contributed by atoms with Gasteiger partial charge in [-0.05, 0) is 96.2 Å². The highest BCUT2D eigenvalue weighted by Crippen LogP contribution is 2.76. The highest BCUT2D eigenvalue weighted by molar-refractivity contribution is 5.35. The van der Waals surface area contributed by atoms with Crippen LogP contribution in [0, 0.1) is 50.2 Å². The van der Waals surface area contributed by atoms with Gasteiger partial charge >= 0.3 is 0 Å². The van der Waals surface area contributed by atoms with Crippen molar-refractivity contribution in [3.8, 4) is 0 Å². The lowest BCUT2D eigenvalue weighted by molar-refractivity contribution is -0.319. The third-order valence-electron chi connectivity index (χ3n) is 16.1. The van der Waals surface area contributed by atoms with E-state index >= 15 is 0 Å². The molecular formula is C36H60O9. The number of fused-ring (bicyclic) bond motifs is 7. The van der Waals surface area contributed by atoms with E-state index in [0.29, 0.717) is 31.6 Å². The Morgan fingerprint density at radius 3 is 2.07 bits per heavy atom. The molecule has 5 fully saturated rings. The van der Waals surface area contributed by atoms with Gasteiger partial charge in [-0.2, -0.15) is 0 Å². The van der Waals surface area contributed by atoms with E-state index in [9.17, 15) is 40.9 Å². The molecule has 0 aromatic rings. The Morgan fingerprint density at radius 2 is 1.44 bits per heavy atom. The van der Waals surface area contributed by atoms with Crippen LogP contribution in [0.3, 0.4) is 0 Å². The van der Waals surface area contributed by atoms with Crippen molar-refractivity contribution in [1.82, 2.24) is 0 Å². The van der Waals surface area contributed by atoms with Crippen molar-refractivity contribution in [2.24, 2.45) is 50.2 Å². The summed E-state index contributed by atoms with van der Waals surface area (Å²) in [5, 5.41) is 87.9. The van der Waals surface area contributed by atoms with E-state index in [4.69, 9.17) is 4.74 Å². The molecule has 0 aromatic heterocycles. The van der Waals surface area contributed by atoms with Gasteiger partial charge in [-0.1, -0.05) is 60.1 Å². The summed E-state index contributed by atoms with van der Waals surface area (Å²) in [7, 11) is 0. The number of aliphatic hydroxyl groups is 8. The topological polar surface area (TPSA) is 171 Å². The summed E-state index contributed by atoms with van der Waals surface area (Å²) in [6.07, 6.45) is -0.274. The average molecular weight is 637 g/mol. The summed E-state index contributed by atoms with van der Waals surface area (Å²) < 4.78 is 6.01. The van der Waals surface area contributed by atoms with Gasteiger partial charge in [0.05, 0.1) is 31.0 Å². The summed E-state index contributed by atoms with van der Waals surface area (Å²) in [5.74, 6) is 0.375. The minimum absolute atomic E-state index is 0.0166. The smallest absolute Gasteiger partial charge is 0.116 e. The summed E-state index contributed by atoms with van der Waals surface area (Å²) in [5.41, 5.74) is -2.46. The molecule has 15 atom stereocenters. The van der Waals surface area contributed by atoms with E-state index < -0.39 is 71.2 Å². The molecule has 8 N–H and O–H groups in total. The number of rotatable bonds is 3. The van der Waals surface area contributed by atoms with Crippen molar-refractivity contribution in [2.75, 3.05) is 13.2 Å². The molecule has 0 bridgehead atoms. The SMILES string of the molecule is CC1(C)C[C@@H]2C3=CC[C@@H]4[C@@]5(C)CC[C@@](O)(C6O[C@H](CO)[C@@H](O)[C@H](O)[C@H]6O)C(C)(C)C5CC[C@@]4(C)[C@]3(C)CC[C@@]2(CO)[C@@H](O)[C@@H]1O. The van der Waals surface area contributed by atoms with E-state index in [1.54, 1.807) is 0 Å². The van der Waals surface area contributed by atoms with Gasteiger partial charge in [0.25, 0.3) is 0 Å². The highest BCUT2D eigenvalue weighted by atomic mass is 16.6. The summed E-state index contributed by atoms with van der Waals surface area (Å²) in [4.78, 5) is 0. The predicted octanol–water partition coefficient (Wildman–Crippen LogP) is 2.30. The van der Waals surface area contributed by atoms with Crippen LogP contribution in [0.25, 0.3) is 0 Å². The van der Waals surface area contributed by atoms with Gasteiger partial charge in [0.15, 0.2) is 0 Å². The minimum Gasteiger partial charge on any atom is -0.396 e. The number of allylic oxidation sites excluding steroid dienone is 2. The molecule has 45 heavy (non-hydrogen) atoms. The van der Waals surface area contributed by atoms with Crippen molar-refractivity contribution >= 4 is 0 Å². The van der Waals surface area contributed by atoms with Gasteiger partial charge in [0.1, 0.15) is 30.5 Å². The summed E-state index contributed by atoms with van der Waals surface area (Å²) >= 11 is 0. The first kappa shape index (κ1) is 34.3. The first-order valence-electron chi connectivity index (χ1n) is 17.4. The molecule has 2 unspecified atom stereocenters. The lowest BCUT2D eigenvalue weighted by Gasteiger charge is -2.73. The second-order valence-corrected chi connectivity index (χ2v) is 18.2. The molecular weight excluding hydrogens is 576 g/mol. The van der Waals surface area contributed by atoms with Gasteiger partial charge in [0, 0.05) is 5.41 Å². The average Bonchev–Trinajstić information content (AvgIpc) is 2.97. The Bertz CT molecular complexity index is 1200. The maximum absolute atomic E-state index is 12.5. The van der Waals surface area contributed by atoms with Crippen LogP contribution in [0.15, 0.2) is 11.6 Å². The Balaban J connectivity index is 1.37. The van der Waals surface area contributed by atoms with Crippen LogP contribution in [-0.4, -0.2) is 102 Å². The first-order chi connectivity index (χ1) is 20.7. The molecule has 6 aliphatic rings. The highest BCUT2D eigenvalue weighted by Gasteiger charge is 2.73. The van der Waals surface area contributed by atoms with Crippen LogP contribution >= 0.6 is 0 Å². The maximum Gasteiger partial charge on any atom is 0.116 e. The lowest BCUT2D eigenvalue weighted by atomic mass is 9.32. The molecule has 9 heteroatoms. The molecule has 1 saturated heterocycles. The van der Waals surface area contributed by atoms with Crippen LogP contribution in [-0.2, 0) is 4.74 Å². The molecule has 0 aromatic carbocycles. The van der Waals surface area contributed by atoms with E-state index in [0.717, 1.165) is 25.7 Å². The molecule has 0 radical (unpaired) electrons. The number of hydrogen-bond acceptors (Lipinski definition) is 9. The zero-order chi connectivity index (χ0) is 33.3. The van der Waals surface area contributed by atoms with Crippen molar-refractivity contribution in [3.05, 3.63) is 11.6 Å². The molecule has 1 aliphatic heterocycles. The molecule has 0 spiro atoms. The van der Waals surface area contributed by atoms with E-state index in [-0.39, 0.29) is 34.7 Å². The van der Waals surface area contributed by atoms with Gasteiger partial charge in [0.2, 0.25) is 0 Å². The van der Waals surface area contributed by atoms with Crippen molar-refractivity contribution < 1.29 is 45.6 Å². The Hall–Kier alpha value is -0.620. The quantitative estimate of drug-likeness (QED) is 0.217. The Labute approximate surface area is 268 Å². The van der Waals surface area contributed by atoms with Gasteiger partial charge in [-0.3, -0.25) is 0 Å². The molecule has 5 aliphatic carbocycles. The van der Waals surface area contributed by atoms with Crippen molar-refractivity contribution in [2.45, 2.75) is 148 Å². The fraction of sp³-hybridized carbons (Fsp3) is 0.944. The maximum atomic E-state index is 12.5. The van der Waals surface area contributed by atoms with Crippen molar-refractivity contribution in [3.63, 3.8) is 0 Å². The minimum atomic E-state index is -1.53. The molecule has 258 valence electrons. The molecule has 1 heterocycles. The largest absolute Gasteiger partial charge is 0.396 e. The molecule has 9 nitrogen and oxygen atoms in total. The molecule has 4 saturated carbocycles. The zero-order valence-corrected chi connectivity index (χ0v) is 28.4. The second kappa shape index (κ2) is 10.4. The van der Waals surface area contributed by atoms with Gasteiger partial charge in [-0.25, -0.2) is 0 Å². The first-order valence-corrected chi connectivity index (χ1v) is 17.4. The van der Waals surface area contributed by atoms with Gasteiger partial charge < -0.3 is 45.6 Å². The second-order valence-electron chi connectivity index (χ2n) is 18.2. The van der Waals surface area contributed by atoms with Gasteiger partial charge in [-0.15, -0.1) is 0 Å². The number of hydrogen-bond donors (Lipinski definition) is 8. The standard InChI is InChI=1S/C36H60O9/c1-30(2)16-20-19-8-9-23-32(5)12-15-36(44,29-26(41)25(40)24(39)21(17-37)45-29)31(3,4)22(32)10-11-34(23,7)33(19,6)13-14-35(20,18-38)28(43)27(30)42/h8,20-29,37-44H,9-18H2,1-7H3/t20-,21-,22?,23-,24-,25+,26-,27+,28+,29?,32+,33-,34-,35+,36-/m1/s1. The molecule has 0 amide bonds. The van der Waals surface area contributed by atoms with E-state index in [2.05, 4.69) is 40.7 Å². The van der Waals surface area contributed by atoms with Crippen LogP contribution in [0.5, 0.6) is 0 Å². The third kappa shape index (κ3) is 4.11. The Kier molecular flexibility index (Phi) is 7.95. The number of aliphatic hydroxyl groups excluding tert-OH is 7. The van der Waals surface area contributed by atoms with Crippen LogP contribution in [0.1, 0.15) is 99.8 Å². The summed E-state index contributed by atoms with van der Waals surface area (Å²) in [6, 6.07) is 0. The lowest BCUT2D eigenvalue weighted by Crippen LogP contribution is -2.74. The van der Waals surface area contributed by atoms with Crippen molar-refractivity contribution in [1.29, 1.82) is 0 Å². The number of ether oxygens (including phenoxy) is 1. The van der Waals surface area contributed by atoms with Crippen LogP contribution < -0.4 is 0 Å². The van der Waals surface area contributed by atoms with Crippen LogP contribution in [0.2, 0.25) is 0 Å². The van der Waals surface area contributed by atoms with E-state index in [1.165, 1.54) is 5.57 Å². The Morgan fingerprint density at radius 1 is 0.778 bits per heavy atom. The van der Waals surface area contributed by atoms with E-state index in [1.807, 2.05) is 13.8 Å². The summed E-state index contributed by atoms with van der Waals surface area (Å²) in [6.45, 7) is 14.7. The van der Waals surface area contributed by atoms with Crippen LogP contribution in [0.4, 0.5) is 0 Å². The molecule has 6 rings (SSSR count). The fourth-order valence-electron chi connectivity index (χ4n) is 12.8. The monoisotopic (exact) mass is 636 g/mol. The third-order valence-corrected chi connectivity index (χ3v) is 16.1. The zero-order valence-electron chi connectivity index (χ0n) is 28.4. The normalized spacial score (nSPS) is 57.1. The fourth-order valence-corrected chi connectivity index (χ4v) is 12.8.